The summed E-state index contributed by atoms with van der Waals surface area (Å²) >= 11 is 0. The normalized spacial score (nSPS) is 15.1. The van der Waals surface area contributed by atoms with E-state index in [2.05, 4.69) is 11.4 Å². The fraction of sp³-hybridized carbons (Fsp3) is 0.269. The fourth-order valence-electron chi connectivity index (χ4n) is 4.09. The summed E-state index contributed by atoms with van der Waals surface area (Å²) in [6.45, 7) is 0.755. The highest BCUT2D eigenvalue weighted by Gasteiger charge is 2.31. The van der Waals surface area contributed by atoms with Crippen molar-refractivity contribution >= 4 is 11.6 Å². The van der Waals surface area contributed by atoms with E-state index >= 15 is 0 Å². The predicted octanol–water partition coefficient (Wildman–Crippen LogP) is 3.88. The second-order valence-electron chi connectivity index (χ2n) is 7.82. The highest BCUT2D eigenvalue weighted by atomic mass is 16.5. The Morgan fingerprint density at radius 2 is 1.78 bits per heavy atom. The van der Waals surface area contributed by atoms with Gasteiger partial charge in [-0.25, -0.2) is 0 Å². The molecule has 1 aliphatic rings. The van der Waals surface area contributed by atoms with Crippen molar-refractivity contribution in [2.75, 3.05) is 26.1 Å². The van der Waals surface area contributed by atoms with Crippen LogP contribution in [0, 0.1) is 0 Å². The molecule has 1 atom stereocenters. The molecule has 1 heterocycles. The van der Waals surface area contributed by atoms with Crippen LogP contribution in [0.1, 0.15) is 27.0 Å². The first-order valence-electron chi connectivity index (χ1n) is 10.7. The van der Waals surface area contributed by atoms with E-state index in [1.54, 1.807) is 31.2 Å². The van der Waals surface area contributed by atoms with E-state index < -0.39 is 0 Å². The average Bonchev–Trinajstić information content (AvgIpc) is 2.86. The van der Waals surface area contributed by atoms with Gasteiger partial charge in [0.15, 0.2) is 11.5 Å². The third kappa shape index (κ3) is 4.41. The summed E-state index contributed by atoms with van der Waals surface area (Å²) in [4.78, 5) is 15.3. The quantitative estimate of drug-likeness (QED) is 0.593. The van der Waals surface area contributed by atoms with Gasteiger partial charge < -0.3 is 24.8 Å². The number of benzene rings is 3. The van der Waals surface area contributed by atoms with Crippen molar-refractivity contribution in [2.45, 2.75) is 25.6 Å². The lowest BCUT2D eigenvalue weighted by molar-refractivity contribution is 0.0544. The number of rotatable bonds is 7. The molecule has 0 bridgehead atoms. The van der Waals surface area contributed by atoms with Crippen molar-refractivity contribution in [1.29, 1.82) is 0 Å². The van der Waals surface area contributed by atoms with Crippen molar-refractivity contribution in [3.05, 3.63) is 89.0 Å². The van der Waals surface area contributed by atoms with Crippen molar-refractivity contribution in [2.24, 2.45) is 0 Å². The number of aliphatic hydroxyl groups is 1. The van der Waals surface area contributed by atoms with E-state index in [0.29, 0.717) is 42.3 Å². The smallest absolute Gasteiger partial charge is 0.256 e. The Morgan fingerprint density at radius 3 is 2.47 bits per heavy atom. The fourth-order valence-corrected chi connectivity index (χ4v) is 4.09. The van der Waals surface area contributed by atoms with E-state index in [1.165, 1.54) is 5.56 Å². The van der Waals surface area contributed by atoms with Gasteiger partial charge in [0.1, 0.15) is 6.61 Å². The maximum absolute atomic E-state index is 13.6. The van der Waals surface area contributed by atoms with Crippen LogP contribution < -0.4 is 14.8 Å². The van der Waals surface area contributed by atoms with Crippen LogP contribution in [0.5, 0.6) is 11.5 Å². The third-order valence-electron chi connectivity index (χ3n) is 5.87. The Labute approximate surface area is 188 Å². The van der Waals surface area contributed by atoms with E-state index in [4.69, 9.17) is 9.47 Å². The van der Waals surface area contributed by atoms with Crippen molar-refractivity contribution in [3.8, 4) is 11.5 Å². The summed E-state index contributed by atoms with van der Waals surface area (Å²) in [6.07, 6.45) is 0.628. The summed E-state index contributed by atoms with van der Waals surface area (Å²) in [6, 6.07) is 21.2. The SMILES string of the molecule is CNc1cc(OCc2ccccc2)c(OC)cc1C(=O)N1Cc2ccccc2C[C@H]1CO. The molecule has 0 unspecified atom stereocenters. The Hall–Kier alpha value is -3.51. The number of nitrogens with zero attached hydrogens (tertiary/aromatic N) is 1. The minimum atomic E-state index is -0.276. The molecular formula is C26H28N2O4. The first-order valence-corrected chi connectivity index (χ1v) is 10.7. The number of hydrogen-bond acceptors (Lipinski definition) is 5. The summed E-state index contributed by atoms with van der Waals surface area (Å²) in [7, 11) is 3.33. The lowest BCUT2D eigenvalue weighted by atomic mass is 9.93. The predicted molar refractivity (Wildman–Crippen MR) is 124 cm³/mol. The zero-order valence-electron chi connectivity index (χ0n) is 18.4. The summed E-state index contributed by atoms with van der Waals surface area (Å²) in [5.41, 5.74) is 4.44. The number of anilines is 1. The van der Waals surface area contributed by atoms with Crippen molar-refractivity contribution in [1.82, 2.24) is 4.90 Å². The van der Waals surface area contributed by atoms with Gasteiger partial charge in [0.05, 0.1) is 31.0 Å². The Morgan fingerprint density at radius 1 is 1.06 bits per heavy atom. The minimum absolute atomic E-state index is 0.0929. The van der Waals surface area contributed by atoms with Gasteiger partial charge in [-0.3, -0.25) is 4.79 Å². The summed E-state index contributed by atoms with van der Waals surface area (Å²) in [5, 5.41) is 13.1. The van der Waals surface area contributed by atoms with Crippen LogP contribution >= 0.6 is 0 Å². The van der Waals surface area contributed by atoms with Crippen molar-refractivity contribution in [3.63, 3.8) is 0 Å². The van der Waals surface area contributed by atoms with Crippen LogP contribution in [-0.4, -0.2) is 42.7 Å². The topological polar surface area (TPSA) is 71.0 Å². The van der Waals surface area contributed by atoms with Crippen molar-refractivity contribution < 1.29 is 19.4 Å². The molecule has 6 nitrogen and oxygen atoms in total. The molecular weight excluding hydrogens is 404 g/mol. The maximum atomic E-state index is 13.6. The van der Waals surface area contributed by atoms with Crippen LogP contribution in [0.25, 0.3) is 0 Å². The largest absolute Gasteiger partial charge is 0.493 e. The van der Waals surface area contributed by atoms with Crippen LogP contribution in [0.2, 0.25) is 0 Å². The number of hydrogen-bond donors (Lipinski definition) is 2. The second-order valence-corrected chi connectivity index (χ2v) is 7.82. The van der Waals surface area contributed by atoms with E-state index in [1.807, 2.05) is 48.5 Å². The molecule has 0 radical (unpaired) electrons. The Balaban J connectivity index is 1.63. The maximum Gasteiger partial charge on any atom is 0.256 e. The number of carbonyl (C=O) groups excluding carboxylic acids is 1. The molecule has 1 amide bonds. The number of fused-ring (bicyclic) bond motifs is 1. The minimum Gasteiger partial charge on any atom is -0.493 e. The molecule has 3 aromatic carbocycles. The van der Waals surface area contributed by atoms with Gasteiger partial charge in [0.25, 0.3) is 5.91 Å². The van der Waals surface area contributed by atoms with Crippen LogP contribution in [0.15, 0.2) is 66.7 Å². The molecule has 0 aromatic heterocycles. The number of nitrogens with one attached hydrogen (secondary N) is 1. The molecule has 0 saturated heterocycles. The molecule has 1 aliphatic heterocycles. The summed E-state index contributed by atoms with van der Waals surface area (Å²) < 4.78 is 11.5. The molecule has 4 rings (SSSR count). The number of carbonyl (C=O) groups is 1. The van der Waals surface area contributed by atoms with Gasteiger partial charge in [-0.1, -0.05) is 54.6 Å². The molecule has 0 spiro atoms. The first kappa shape index (κ1) is 21.7. The molecule has 6 heteroatoms. The van der Waals surface area contributed by atoms with Gasteiger partial charge in [-0.2, -0.15) is 0 Å². The average molecular weight is 433 g/mol. The summed E-state index contributed by atoms with van der Waals surface area (Å²) in [5.74, 6) is 0.886. The number of ether oxygens (including phenoxy) is 2. The van der Waals surface area contributed by atoms with Gasteiger partial charge >= 0.3 is 0 Å². The molecule has 0 fully saturated rings. The zero-order chi connectivity index (χ0) is 22.5. The van der Waals surface area contributed by atoms with Crippen LogP contribution in [0.4, 0.5) is 5.69 Å². The number of amides is 1. The highest BCUT2D eigenvalue weighted by molar-refractivity contribution is 6.01. The number of methoxy groups -OCH3 is 1. The van der Waals surface area contributed by atoms with Gasteiger partial charge in [0.2, 0.25) is 0 Å². The lowest BCUT2D eigenvalue weighted by Gasteiger charge is -2.36. The molecule has 0 aliphatic carbocycles. The van der Waals surface area contributed by atoms with Gasteiger partial charge in [-0.15, -0.1) is 0 Å². The first-order chi connectivity index (χ1) is 15.6. The van der Waals surface area contributed by atoms with E-state index in [-0.39, 0.29) is 18.6 Å². The van der Waals surface area contributed by atoms with Crippen LogP contribution in [0.3, 0.4) is 0 Å². The third-order valence-corrected chi connectivity index (χ3v) is 5.87. The second kappa shape index (κ2) is 9.75. The Bertz CT molecular complexity index is 1080. The van der Waals surface area contributed by atoms with Gasteiger partial charge in [-0.05, 0) is 29.2 Å². The lowest BCUT2D eigenvalue weighted by Crippen LogP contribution is -2.46. The van der Waals surface area contributed by atoms with Crippen LogP contribution in [-0.2, 0) is 19.6 Å². The monoisotopic (exact) mass is 432 g/mol. The molecule has 166 valence electrons. The highest BCUT2D eigenvalue weighted by Crippen LogP contribution is 2.36. The standard InChI is InChI=1S/C26H28N2O4/c1-27-23-14-25(32-17-18-8-4-3-5-9-18)24(31-2)13-22(23)26(30)28-15-20-11-7-6-10-19(20)12-21(28)16-29/h3-11,13-14,21,27,29H,12,15-17H2,1-2H3/t21-/m0/s1. The molecule has 32 heavy (non-hydrogen) atoms. The van der Waals surface area contributed by atoms with E-state index in [9.17, 15) is 9.90 Å². The number of aliphatic hydroxyl groups excluding tert-OH is 1. The molecule has 3 aromatic rings. The molecule has 0 saturated carbocycles. The molecule has 2 N–H and O–H groups in total. The van der Waals surface area contributed by atoms with E-state index in [0.717, 1.165) is 11.1 Å². The Kier molecular flexibility index (Phi) is 6.61. The van der Waals surface area contributed by atoms with Gasteiger partial charge in [0, 0.05) is 19.7 Å². The zero-order valence-corrected chi connectivity index (χ0v) is 18.4.